The van der Waals surface area contributed by atoms with Gasteiger partial charge in [-0.25, -0.2) is 4.99 Å². The Morgan fingerprint density at radius 3 is 2.41 bits per heavy atom. The topological polar surface area (TPSA) is 54.2 Å². The lowest BCUT2D eigenvalue weighted by Gasteiger charge is -2.24. The summed E-state index contributed by atoms with van der Waals surface area (Å²) >= 11 is 0. The van der Waals surface area contributed by atoms with Gasteiger partial charge < -0.3 is 10.6 Å². The molecule has 2 unspecified atom stereocenters. The van der Waals surface area contributed by atoms with E-state index in [0.717, 1.165) is 31.0 Å². The van der Waals surface area contributed by atoms with Crippen LogP contribution in [0.5, 0.6) is 0 Å². The molecule has 1 aromatic carbocycles. The first-order valence-electron chi connectivity index (χ1n) is 10.1. The van der Waals surface area contributed by atoms with Gasteiger partial charge in [-0.3, -0.25) is 4.68 Å². The van der Waals surface area contributed by atoms with Crippen molar-refractivity contribution in [1.82, 2.24) is 20.4 Å². The zero-order valence-corrected chi connectivity index (χ0v) is 17.7. The van der Waals surface area contributed by atoms with Crippen LogP contribution >= 0.6 is 0 Å². The van der Waals surface area contributed by atoms with Gasteiger partial charge in [-0.2, -0.15) is 5.10 Å². The van der Waals surface area contributed by atoms with Crippen molar-refractivity contribution in [3.05, 3.63) is 52.8 Å². The first-order chi connectivity index (χ1) is 13.0. The van der Waals surface area contributed by atoms with E-state index in [9.17, 15) is 0 Å². The summed E-state index contributed by atoms with van der Waals surface area (Å²) in [5, 5.41) is 11.6. The molecule has 0 saturated carbocycles. The van der Waals surface area contributed by atoms with Crippen molar-refractivity contribution >= 4 is 5.96 Å². The first-order valence-corrected chi connectivity index (χ1v) is 10.1. The molecule has 0 amide bonds. The summed E-state index contributed by atoms with van der Waals surface area (Å²) in [5.41, 5.74) is 5.03. The van der Waals surface area contributed by atoms with Crippen molar-refractivity contribution in [2.75, 3.05) is 6.54 Å². The third-order valence-electron chi connectivity index (χ3n) is 5.21. The highest BCUT2D eigenvalue weighted by Gasteiger charge is 2.17. The molecule has 148 valence electrons. The third kappa shape index (κ3) is 5.34. The van der Waals surface area contributed by atoms with Crippen LogP contribution in [0.3, 0.4) is 0 Å². The Bertz CT molecular complexity index is 733. The molecule has 5 heteroatoms. The summed E-state index contributed by atoms with van der Waals surface area (Å²) in [6.07, 6.45) is 1.91. The Labute approximate surface area is 164 Å². The van der Waals surface area contributed by atoms with Crippen LogP contribution in [0, 0.1) is 0 Å². The molecule has 5 nitrogen and oxygen atoms in total. The molecule has 2 aromatic rings. The summed E-state index contributed by atoms with van der Waals surface area (Å²) in [7, 11) is 2.03. The highest BCUT2D eigenvalue weighted by molar-refractivity contribution is 5.80. The van der Waals surface area contributed by atoms with Crippen LogP contribution in [0.2, 0.25) is 0 Å². The molecule has 1 heterocycles. The fourth-order valence-corrected chi connectivity index (χ4v) is 3.44. The zero-order chi connectivity index (χ0) is 19.8. The Balaban J connectivity index is 2.15. The summed E-state index contributed by atoms with van der Waals surface area (Å²) in [6, 6.07) is 10.9. The second kappa shape index (κ2) is 10.1. The van der Waals surface area contributed by atoms with E-state index < -0.39 is 0 Å². The average Bonchev–Trinajstić information content (AvgIpc) is 3.00. The van der Waals surface area contributed by atoms with Crippen LogP contribution in [-0.4, -0.2) is 28.3 Å². The lowest BCUT2D eigenvalue weighted by Crippen LogP contribution is -2.44. The lowest BCUT2D eigenvalue weighted by molar-refractivity contribution is 0.550. The van der Waals surface area contributed by atoms with E-state index >= 15 is 0 Å². The molecule has 0 saturated heterocycles. The van der Waals surface area contributed by atoms with E-state index in [0.29, 0.717) is 12.5 Å². The molecule has 0 fully saturated rings. The van der Waals surface area contributed by atoms with E-state index in [-0.39, 0.29) is 6.04 Å². The summed E-state index contributed by atoms with van der Waals surface area (Å²) in [6.45, 7) is 12.4. The van der Waals surface area contributed by atoms with Gasteiger partial charge in [0.15, 0.2) is 5.96 Å². The number of hydrogen-bond acceptors (Lipinski definition) is 2. The molecule has 0 spiro atoms. The molecule has 0 bridgehead atoms. The van der Waals surface area contributed by atoms with E-state index in [1.807, 2.05) is 11.7 Å². The molecule has 2 N–H and O–H groups in total. The van der Waals surface area contributed by atoms with Crippen molar-refractivity contribution in [3.8, 4) is 0 Å². The van der Waals surface area contributed by atoms with Crippen LogP contribution in [-0.2, 0) is 26.4 Å². The second-order valence-corrected chi connectivity index (χ2v) is 7.03. The average molecular weight is 370 g/mol. The quantitative estimate of drug-likeness (QED) is 0.550. The molecule has 0 aliphatic rings. The zero-order valence-electron chi connectivity index (χ0n) is 17.7. The van der Waals surface area contributed by atoms with Crippen LogP contribution in [0.25, 0.3) is 0 Å². The molecule has 27 heavy (non-hydrogen) atoms. The standard InChI is InChI=1S/C22H35N5/c1-7-20-19(21(8-2)27(6)26-20)15-24-22(23-9-3)25-17(5)16(4)18-13-11-10-12-14-18/h10-14,16-17H,7-9,15H2,1-6H3,(H2,23,24,25). The normalized spacial score (nSPS) is 14.1. The number of aliphatic imine (C=N–C) groups is 1. The van der Waals surface area contributed by atoms with Crippen LogP contribution in [0.1, 0.15) is 63.1 Å². The number of nitrogens with zero attached hydrogens (tertiary/aromatic N) is 3. The van der Waals surface area contributed by atoms with Gasteiger partial charge in [-0.05, 0) is 32.3 Å². The van der Waals surface area contributed by atoms with Crippen LogP contribution < -0.4 is 10.6 Å². The molecular weight excluding hydrogens is 334 g/mol. The van der Waals surface area contributed by atoms with Crippen molar-refractivity contribution in [1.29, 1.82) is 0 Å². The van der Waals surface area contributed by atoms with Gasteiger partial charge in [-0.15, -0.1) is 0 Å². The predicted octanol–water partition coefficient (Wildman–Crippen LogP) is 3.79. The molecule has 0 aliphatic heterocycles. The van der Waals surface area contributed by atoms with E-state index in [1.54, 1.807) is 0 Å². The van der Waals surface area contributed by atoms with Crippen molar-refractivity contribution in [2.45, 2.75) is 66.0 Å². The molecule has 2 rings (SSSR count). The molecule has 0 aliphatic carbocycles. The number of guanidine groups is 1. The van der Waals surface area contributed by atoms with Crippen molar-refractivity contribution in [2.24, 2.45) is 12.0 Å². The minimum Gasteiger partial charge on any atom is -0.357 e. The van der Waals surface area contributed by atoms with E-state index in [1.165, 1.54) is 16.8 Å². The maximum absolute atomic E-state index is 4.87. The molecule has 2 atom stereocenters. The number of aromatic nitrogens is 2. The highest BCUT2D eigenvalue weighted by Crippen LogP contribution is 2.19. The maximum Gasteiger partial charge on any atom is 0.191 e. The van der Waals surface area contributed by atoms with Crippen LogP contribution in [0.4, 0.5) is 0 Å². The van der Waals surface area contributed by atoms with Crippen molar-refractivity contribution in [3.63, 3.8) is 0 Å². The van der Waals surface area contributed by atoms with E-state index in [4.69, 9.17) is 4.99 Å². The fraction of sp³-hybridized carbons (Fsp3) is 0.545. The Morgan fingerprint density at radius 1 is 1.11 bits per heavy atom. The largest absolute Gasteiger partial charge is 0.357 e. The Hall–Kier alpha value is -2.30. The van der Waals surface area contributed by atoms with Gasteiger partial charge in [0.1, 0.15) is 0 Å². The Morgan fingerprint density at radius 2 is 1.81 bits per heavy atom. The minimum absolute atomic E-state index is 0.274. The van der Waals surface area contributed by atoms with Gasteiger partial charge in [0, 0.05) is 36.8 Å². The minimum atomic E-state index is 0.274. The highest BCUT2D eigenvalue weighted by atomic mass is 15.3. The Kier molecular flexibility index (Phi) is 7.89. The summed E-state index contributed by atoms with van der Waals surface area (Å²) in [4.78, 5) is 4.87. The smallest absolute Gasteiger partial charge is 0.191 e. The third-order valence-corrected chi connectivity index (χ3v) is 5.21. The van der Waals surface area contributed by atoms with Gasteiger partial charge in [0.2, 0.25) is 0 Å². The number of benzene rings is 1. The number of hydrogen-bond donors (Lipinski definition) is 2. The SMILES string of the molecule is CCNC(=NCc1c(CC)nn(C)c1CC)NC(C)C(C)c1ccccc1. The van der Waals surface area contributed by atoms with Gasteiger partial charge in [0.05, 0.1) is 12.2 Å². The van der Waals surface area contributed by atoms with Gasteiger partial charge >= 0.3 is 0 Å². The second-order valence-electron chi connectivity index (χ2n) is 7.03. The molecule has 0 radical (unpaired) electrons. The monoisotopic (exact) mass is 369 g/mol. The van der Waals surface area contributed by atoms with Crippen LogP contribution in [0.15, 0.2) is 35.3 Å². The van der Waals surface area contributed by atoms with Gasteiger partial charge in [-0.1, -0.05) is 51.1 Å². The number of aryl methyl sites for hydroxylation is 2. The van der Waals surface area contributed by atoms with Crippen molar-refractivity contribution < 1.29 is 0 Å². The lowest BCUT2D eigenvalue weighted by atomic mass is 9.94. The van der Waals surface area contributed by atoms with E-state index in [2.05, 4.69) is 80.7 Å². The molecular formula is C22H35N5. The fourth-order valence-electron chi connectivity index (χ4n) is 3.44. The predicted molar refractivity (Wildman–Crippen MR) is 114 cm³/mol. The first kappa shape index (κ1) is 21.0. The number of rotatable bonds is 8. The maximum atomic E-state index is 4.87. The van der Waals surface area contributed by atoms with Gasteiger partial charge in [0.25, 0.3) is 0 Å². The molecule has 1 aromatic heterocycles. The summed E-state index contributed by atoms with van der Waals surface area (Å²) in [5.74, 6) is 1.26. The number of nitrogens with one attached hydrogen (secondary N) is 2. The summed E-state index contributed by atoms with van der Waals surface area (Å²) < 4.78 is 2.00.